The lowest BCUT2D eigenvalue weighted by Crippen LogP contribution is -2.19. The highest BCUT2D eigenvalue weighted by molar-refractivity contribution is 5.73. The second kappa shape index (κ2) is 18.3. The maximum atomic E-state index is 12.4. The molecule has 0 bridgehead atoms. The number of nitrogens with one attached hydrogen (secondary N) is 1. The van der Waals surface area contributed by atoms with E-state index in [2.05, 4.69) is 36.8 Å². The first kappa shape index (κ1) is 30.8. The average Bonchev–Trinajstić information content (AvgIpc) is 3.10. The quantitative estimate of drug-likeness (QED) is 0.495. The van der Waals surface area contributed by atoms with Gasteiger partial charge in [0, 0.05) is 12.0 Å². The fourth-order valence-electron chi connectivity index (χ4n) is 3.31. The number of benzene rings is 1. The number of nitriles is 1. The van der Waals surface area contributed by atoms with E-state index in [0.717, 1.165) is 40.8 Å². The van der Waals surface area contributed by atoms with Crippen molar-refractivity contribution in [2.45, 2.75) is 81.1 Å². The van der Waals surface area contributed by atoms with E-state index < -0.39 is 0 Å². The lowest BCUT2D eigenvalue weighted by atomic mass is 9.92. The Balaban J connectivity index is 0.00000141. The number of H-pyrrole nitrogens is 1. The summed E-state index contributed by atoms with van der Waals surface area (Å²) in [4.78, 5) is 19.8. The lowest BCUT2D eigenvalue weighted by molar-refractivity contribution is 0.820. The largest absolute Gasteiger partial charge is 0.311 e. The zero-order chi connectivity index (χ0) is 25.9. The monoisotopic (exact) mass is 461 g/mol. The van der Waals surface area contributed by atoms with Gasteiger partial charge in [-0.3, -0.25) is 4.79 Å². The molecule has 34 heavy (non-hydrogen) atoms. The van der Waals surface area contributed by atoms with Crippen LogP contribution in [0.3, 0.4) is 0 Å². The molecule has 0 saturated carbocycles. The third kappa shape index (κ3) is 9.75. The summed E-state index contributed by atoms with van der Waals surface area (Å²) in [6, 6.07) is 10.4. The standard InChI is InChI=1S/C23H23N3O.C3H8.2C2H6/c1-3-7-22-21(23(27)26-16(2)25-22)14-17-10-12-18(13-11-17)20-9-6-4-5-8-19(20)15-24;1-3-2;2*1-2/h4-6,8-13,19H,3,7,14H2,1-2H3,(H,25,26,27);3H2,1-2H3;2*1-2H3. The minimum Gasteiger partial charge on any atom is -0.311 e. The van der Waals surface area contributed by atoms with Crippen LogP contribution in [-0.4, -0.2) is 9.97 Å². The Morgan fingerprint density at radius 3 is 2.18 bits per heavy atom. The van der Waals surface area contributed by atoms with Gasteiger partial charge in [-0.05, 0) is 30.0 Å². The molecule has 1 atom stereocenters. The van der Waals surface area contributed by atoms with Gasteiger partial charge in [-0.1, -0.05) is 116 Å². The van der Waals surface area contributed by atoms with Gasteiger partial charge in [-0.25, -0.2) is 4.98 Å². The molecule has 1 aliphatic rings. The van der Waals surface area contributed by atoms with Gasteiger partial charge >= 0.3 is 0 Å². The molecule has 4 nitrogen and oxygen atoms in total. The molecule has 184 valence electrons. The fraction of sp³-hybridized carbons (Fsp3) is 0.433. The zero-order valence-corrected chi connectivity index (χ0v) is 22.4. The van der Waals surface area contributed by atoms with E-state index in [9.17, 15) is 10.1 Å². The number of hydrogen-bond acceptors (Lipinski definition) is 3. The molecule has 0 radical (unpaired) electrons. The molecule has 1 N–H and O–H groups in total. The smallest absolute Gasteiger partial charge is 0.254 e. The van der Waals surface area contributed by atoms with E-state index in [-0.39, 0.29) is 11.5 Å². The lowest BCUT2D eigenvalue weighted by Gasteiger charge is -2.12. The van der Waals surface area contributed by atoms with Crippen molar-refractivity contribution in [1.29, 1.82) is 5.26 Å². The first-order valence-electron chi connectivity index (χ1n) is 12.7. The van der Waals surface area contributed by atoms with Gasteiger partial charge in [0.05, 0.1) is 17.7 Å². The molecule has 0 aliphatic heterocycles. The van der Waals surface area contributed by atoms with Crippen molar-refractivity contribution in [1.82, 2.24) is 9.97 Å². The summed E-state index contributed by atoms with van der Waals surface area (Å²) >= 11 is 0. The predicted octanol–water partition coefficient (Wildman–Crippen LogP) is 7.74. The minimum absolute atomic E-state index is 0.0543. The van der Waals surface area contributed by atoms with E-state index in [1.165, 1.54) is 6.42 Å². The molecule has 0 amide bonds. The number of nitrogens with zero attached hydrogens (tertiary/aromatic N) is 2. The number of aromatic amines is 1. The highest BCUT2D eigenvalue weighted by Crippen LogP contribution is 2.26. The molecule has 4 heteroatoms. The van der Waals surface area contributed by atoms with Gasteiger partial charge < -0.3 is 4.98 Å². The second-order valence-electron chi connectivity index (χ2n) is 7.41. The van der Waals surface area contributed by atoms with Crippen LogP contribution in [-0.2, 0) is 12.8 Å². The van der Waals surface area contributed by atoms with Crippen LogP contribution in [0.1, 0.15) is 89.5 Å². The molecule has 3 rings (SSSR count). The predicted molar refractivity (Wildman–Crippen MR) is 147 cm³/mol. The molecule has 1 aromatic carbocycles. The van der Waals surface area contributed by atoms with Crippen molar-refractivity contribution in [2.24, 2.45) is 5.92 Å². The molecular weight excluding hydrogens is 418 g/mol. The van der Waals surface area contributed by atoms with Crippen molar-refractivity contribution in [3.63, 3.8) is 0 Å². The van der Waals surface area contributed by atoms with Gasteiger partial charge in [-0.15, -0.1) is 0 Å². The number of aromatic nitrogens is 2. The van der Waals surface area contributed by atoms with E-state index in [4.69, 9.17) is 0 Å². The van der Waals surface area contributed by atoms with Crippen molar-refractivity contribution in [2.75, 3.05) is 0 Å². The van der Waals surface area contributed by atoms with Crippen LogP contribution in [0, 0.1) is 24.2 Å². The van der Waals surface area contributed by atoms with E-state index >= 15 is 0 Å². The van der Waals surface area contributed by atoms with Crippen LogP contribution in [0.15, 0.2) is 59.4 Å². The maximum Gasteiger partial charge on any atom is 0.254 e. The minimum atomic E-state index is -0.258. The Morgan fingerprint density at radius 2 is 1.62 bits per heavy atom. The molecule has 2 aromatic rings. The van der Waals surface area contributed by atoms with Crippen molar-refractivity contribution in [3.05, 3.63) is 93.2 Å². The van der Waals surface area contributed by atoms with Crippen LogP contribution in [0.2, 0.25) is 0 Å². The Labute approximate surface area is 207 Å². The van der Waals surface area contributed by atoms with Gasteiger partial charge in [-0.2, -0.15) is 5.26 Å². The Morgan fingerprint density at radius 1 is 1.00 bits per heavy atom. The van der Waals surface area contributed by atoms with Gasteiger partial charge in [0.15, 0.2) is 0 Å². The first-order valence-corrected chi connectivity index (χ1v) is 12.7. The number of aryl methyl sites for hydroxylation is 2. The van der Waals surface area contributed by atoms with E-state index in [0.29, 0.717) is 12.2 Å². The van der Waals surface area contributed by atoms with Crippen LogP contribution in [0.25, 0.3) is 5.57 Å². The molecule has 0 fully saturated rings. The highest BCUT2D eigenvalue weighted by Gasteiger charge is 2.14. The second-order valence-corrected chi connectivity index (χ2v) is 7.41. The van der Waals surface area contributed by atoms with Crippen molar-refractivity contribution >= 4 is 5.57 Å². The summed E-state index contributed by atoms with van der Waals surface area (Å²) in [5.41, 5.74) is 4.63. The molecule has 1 aromatic heterocycles. The molecule has 0 spiro atoms. The molecule has 1 unspecified atom stereocenters. The maximum absolute atomic E-state index is 12.4. The van der Waals surface area contributed by atoms with Crippen LogP contribution in [0.5, 0.6) is 0 Å². The van der Waals surface area contributed by atoms with Crippen LogP contribution < -0.4 is 5.56 Å². The summed E-state index contributed by atoms with van der Waals surface area (Å²) in [6.45, 7) is 16.2. The molecule has 1 heterocycles. The number of rotatable bonds is 5. The van der Waals surface area contributed by atoms with Gasteiger partial charge in [0.25, 0.3) is 5.56 Å². The Hall–Kier alpha value is -3.19. The number of allylic oxidation sites excluding steroid dienone is 6. The summed E-state index contributed by atoms with van der Waals surface area (Å²) in [5.74, 6) is 0.401. The third-order valence-corrected chi connectivity index (χ3v) is 4.65. The van der Waals surface area contributed by atoms with Crippen LogP contribution in [0.4, 0.5) is 0 Å². The molecule has 1 aliphatic carbocycles. The molecular formula is C30H43N3O. The number of hydrogen-bond donors (Lipinski definition) is 1. The Bertz CT molecular complexity index is 1020. The van der Waals surface area contributed by atoms with Crippen LogP contribution >= 0.6 is 0 Å². The van der Waals surface area contributed by atoms with Gasteiger partial charge in [0.2, 0.25) is 0 Å². The van der Waals surface area contributed by atoms with Gasteiger partial charge in [0.1, 0.15) is 5.82 Å². The Kier molecular flexibility index (Phi) is 16.5. The normalized spacial score (nSPS) is 13.5. The summed E-state index contributed by atoms with van der Waals surface area (Å²) in [5, 5.41) is 9.42. The van der Waals surface area contributed by atoms with E-state index in [1.54, 1.807) is 0 Å². The zero-order valence-electron chi connectivity index (χ0n) is 22.4. The summed E-state index contributed by atoms with van der Waals surface area (Å²) in [6.07, 6.45) is 13.2. The third-order valence-electron chi connectivity index (χ3n) is 4.65. The topological polar surface area (TPSA) is 69.5 Å². The fourth-order valence-corrected chi connectivity index (χ4v) is 3.31. The SMILES string of the molecule is CC.CC.CCC.CCCc1nc(C)[nH]c(=O)c1Cc1ccc(C2=CC=CC=CC2C#N)cc1. The van der Waals surface area contributed by atoms with Crippen molar-refractivity contribution in [3.8, 4) is 6.07 Å². The summed E-state index contributed by atoms with van der Waals surface area (Å²) in [7, 11) is 0. The average molecular weight is 462 g/mol. The first-order chi connectivity index (χ1) is 16.5. The summed E-state index contributed by atoms with van der Waals surface area (Å²) < 4.78 is 0. The highest BCUT2D eigenvalue weighted by atomic mass is 16.1. The van der Waals surface area contributed by atoms with E-state index in [1.807, 2.05) is 89.3 Å². The molecule has 0 saturated heterocycles. The van der Waals surface area contributed by atoms with Crippen molar-refractivity contribution < 1.29 is 0 Å².